The quantitative estimate of drug-likeness (QED) is 0.844. The maximum Gasteiger partial charge on any atom is 0.294 e. The summed E-state index contributed by atoms with van der Waals surface area (Å²) in [6.45, 7) is 8.14. The van der Waals surface area contributed by atoms with Gasteiger partial charge in [0.25, 0.3) is 5.91 Å². The molecule has 0 fully saturated rings. The van der Waals surface area contributed by atoms with Crippen LogP contribution in [0.3, 0.4) is 0 Å². The molecule has 1 aliphatic rings. The average molecular weight is 363 g/mol. The van der Waals surface area contributed by atoms with Crippen molar-refractivity contribution in [1.29, 1.82) is 0 Å². The Morgan fingerprint density at radius 1 is 1.04 bits per heavy atom. The highest BCUT2D eigenvalue weighted by molar-refractivity contribution is 6.16. The molecule has 4 nitrogen and oxygen atoms in total. The van der Waals surface area contributed by atoms with Gasteiger partial charge in [-0.05, 0) is 28.7 Å². The second kappa shape index (κ2) is 7.03. The maximum absolute atomic E-state index is 12.8. The van der Waals surface area contributed by atoms with Crippen LogP contribution in [-0.4, -0.2) is 16.8 Å². The number of ketones is 1. The van der Waals surface area contributed by atoms with Gasteiger partial charge in [-0.3, -0.25) is 14.5 Å². The lowest BCUT2D eigenvalue weighted by molar-refractivity contribution is -0.118. The van der Waals surface area contributed by atoms with Crippen molar-refractivity contribution in [3.63, 3.8) is 0 Å². The van der Waals surface area contributed by atoms with E-state index in [0.29, 0.717) is 5.69 Å². The Labute approximate surface area is 160 Å². The lowest BCUT2D eigenvalue weighted by Crippen LogP contribution is -2.31. The lowest BCUT2D eigenvalue weighted by atomic mass is 9.85. The van der Waals surface area contributed by atoms with Gasteiger partial charge in [-0.25, -0.2) is 0 Å². The molecule has 0 aromatic heterocycles. The van der Waals surface area contributed by atoms with Gasteiger partial charge in [-0.1, -0.05) is 70.2 Å². The lowest BCUT2D eigenvalue weighted by Gasteiger charge is -2.27. The standard InChI is InChI=1S/C23H25NO3/c1-5-18(25)19-20(15-11-13-16(14-12-15)23(2,3)4)24(22(27)21(19)26)17-9-7-6-8-10-17/h6-14,20,26H,5H2,1-4H3. The zero-order chi connectivity index (χ0) is 19.8. The minimum atomic E-state index is -0.624. The van der Waals surface area contributed by atoms with Crippen molar-refractivity contribution < 1.29 is 14.7 Å². The van der Waals surface area contributed by atoms with Gasteiger partial charge in [0.05, 0.1) is 11.6 Å². The summed E-state index contributed by atoms with van der Waals surface area (Å²) in [6, 6.07) is 16.4. The predicted molar refractivity (Wildman–Crippen MR) is 107 cm³/mol. The highest BCUT2D eigenvalue weighted by Crippen LogP contribution is 2.41. The van der Waals surface area contributed by atoms with Gasteiger partial charge in [-0.15, -0.1) is 0 Å². The summed E-state index contributed by atoms with van der Waals surface area (Å²) in [6.07, 6.45) is 0.228. The van der Waals surface area contributed by atoms with Gasteiger partial charge in [0, 0.05) is 12.1 Å². The molecule has 1 atom stereocenters. The molecule has 0 saturated carbocycles. The van der Waals surface area contributed by atoms with Crippen molar-refractivity contribution in [2.45, 2.75) is 45.6 Å². The molecule has 0 radical (unpaired) electrons. The van der Waals surface area contributed by atoms with Gasteiger partial charge in [0.2, 0.25) is 0 Å². The Hall–Kier alpha value is -2.88. The Bertz CT molecular complexity index is 889. The van der Waals surface area contributed by atoms with E-state index in [9.17, 15) is 14.7 Å². The van der Waals surface area contributed by atoms with Crippen molar-refractivity contribution in [3.05, 3.63) is 77.1 Å². The van der Waals surface area contributed by atoms with Gasteiger partial charge < -0.3 is 5.11 Å². The van der Waals surface area contributed by atoms with Crippen LogP contribution in [0.15, 0.2) is 65.9 Å². The summed E-state index contributed by atoms with van der Waals surface area (Å²) >= 11 is 0. The zero-order valence-corrected chi connectivity index (χ0v) is 16.2. The molecule has 0 bridgehead atoms. The minimum absolute atomic E-state index is 0.00316. The van der Waals surface area contributed by atoms with Gasteiger partial charge in [0.15, 0.2) is 11.5 Å². The number of carbonyl (C=O) groups is 2. The number of aliphatic hydroxyl groups is 1. The van der Waals surface area contributed by atoms with E-state index in [1.165, 1.54) is 10.5 Å². The number of carbonyl (C=O) groups excluding carboxylic acids is 2. The first kappa shape index (κ1) is 18.9. The number of hydrogen-bond donors (Lipinski definition) is 1. The fraction of sp³-hybridized carbons (Fsp3) is 0.304. The van der Waals surface area contributed by atoms with E-state index in [1.807, 2.05) is 42.5 Å². The first-order valence-corrected chi connectivity index (χ1v) is 9.21. The highest BCUT2D eigenvalue weighted by Gasteiger charge is 2.43. The molecular weight excluding hydrogens is 338 g/mol. The number of aliphatic hydroxyl groups excluding tert-OH is 1. The number of para-hydroxylation sites is 1. The monoisotopic (exact) mass is 363 g/mol. The summed E-state index contributed by atoms with van der Waals surface area (Å²) in [7, 11) is 0. The van der Waals surface area contributed by atoms with Crippen LogP contribution in [0.2, 0.25) is 0 Å². The molecule has 1 unspecified atom stereocenters. The molecule has 140 valence electrons. The molecule has 0 spiro atoms. The third-order valence-corrected chi connectivity index (χ3v) is 4.96. The minimum Gasteiger partial charge on any atom is -0.503 e. The van der Waals surface area contributed by atoms with Crippen molar-refractivity contribution in [1.82, 2.24) is 0 Å². The fourth-order valence-electron chi connectivity index (χ4n) is 3.42. The number of amides is 1. The maximum atomic E-state index is 12.8. The molecule has 2 aromatic carbocycles. The third kappa shape index (κ3) is 3.39. The highest BCUT2D eigenvalue weighted by atomic mass is 16.3. The number of nitrogens with zero attached hydrogens (tertiary/aromatic N) is 1. The molecule has 1 N–H and O–H groups in total. The molecule has 4 heteroatoms. The number of benzene rings is 2. The Balaban J connectivity index is 2.13. The van der Waals surface area contributed by atoms with E-state index >= 15 is 0 Å². The Morgan fingerprint density at radius 3 is 2.15 bits per heavy atom. The van der Waals surface area contributed by atoms with Gasteiger partial charge in [-0.2, -0.15) is 0 Å². The molecular formula is C23H25NO3. The summed E-state index contributed by atoms with van der Waals surface area (Å²) in [4.78, 5) is 26.9. The molecule has 0 aliphatic carbocycles. The fourth-order valence-corrected chi connectivity index (χ4v) is 3.42. The second-order valence-electron chi connectivity index (χ2n) is 7.82. The number of hydrogen-bond acceptors (Lipinski definition) is 3. The third-order valence-electron chi connectivity index (χ3n) is 4.96. The smallest absolute Gasteiger partial charge is 0.294 e. The molecule has 2 aromatic rings. The van der Waals surface area contributed by atoms with Crippen molar-refractivity contribution >= 4 is 17.4 Å². The van der Waals surface area contributed by atoms with E-state index in [1.54, 1.807) is 19.1 Å². The topological polar surface area (TPSA) is 57.6 Å². The predicted octanol–water partition coefficient (Wildman–Crippen LogP) is 4.86. The summed E-state index contributed by atoms with van der Waals surface area (Å²) in [5.41, 5.74) is 2.80. The normalized spacial score (nSPS) is 17.6. The zero-order valence-electron chi connectivity index (χ0n) is 16.2. The Kier molecular flexibility index (Phi) is 4.92. The Morgan fingerprint density at radius 2 is 1.63 bits per heavy atom. The van der Waals surface area contributed by atoms with Crippen LogP contribution < -0.4 is 4.90 Å². The van der Waals surface area contributed by atoms with Gasteiger partial charge >= 0.3 is 0 Å². The molecule has 1 aliphatic heterocycles. The van der Waals surface area contributed by atoms with Crippen LogP contribution in [0.1, 0.15) is 51.3 Å². The first-order chi connectivity index (χ1) is 12.8. The number of anilines is 1. The van der Waals surface area contributed by atoms with E-state index in [4.69, 9.17) is 0 Å². The van der Waals surface area contributed by atoms with Crippen LogP contribution >= 0.6 is 0 Å². The molecule has 27 heavy (non-hydrogen) atoms. The summed E-state index contributed by atoms with van der Waals surface area (Å²) < 4.78 is 0. The summed E-state index contributed by atoms with van der Waals surface area (Å²) in [5, 5.41) is 10.5. The van der Waals surface area contributed by atoms with Gasteiger partial charge in [0.1, 0.15) is 0 Å². The van der Waals surface area contributed by atoms with Crippen molar-refractivity contribution in [2.24, 2.45) is 0 Å². The van der Waals surface area contributed by atoms with Crippen LogP contribution in [0.5, 0.6) is 0 Å². The largest absolute Gasteiger partial charge is 0.503 e. The van der Waals surface area contributed by atoms with E-state index in [2.05, 4.69) is 20.8 Å². The van der Waals surface area contributed by atoms with E-state index in [-0.39, 0.29) is 23.2 Å². The summed E-state index contributed by atoms with van der Waals surface area (Å²) in [5.74, 6) is -1.21. The second-order valence-corrected chi connectivity index (χ2v) is 7.82. The molecule has 1 amide bonds. The van der Waals surface area contributed by atoms with E-state index < -0.39 is 17.7 Å². The first-order valence-electron chi connectivity index (χ1n) is 9.21. The number of Topliss-reactive ketones (excluding diaryl/α,β-unsaturated/α-hetero) is 1. The van der Waals surface area contributed by atoms with Crippen LogP contribution in [0.4, 0.5) is 5.69 Å². The number of rotatable bonds is 4. The van der Waals surface area contributed by atoms with Crippen molar-refractivity contribution in [3.8, 4) is 0 Å². The van der Waals surface area contributed by atoms with Crippen molar-refractivity contribution in [2.75, 3.05) is 4.90 Å². The van der Waals surface area contributed by atoms with Crippen LogP contribution in [0.25, 0.3) is 0 Å². The molecule has 0 saturated heterocycles. The van der Waals surface area contributed by atoms with E-state index in [0.717, 1.165) is 5.56 Å². The van der Waals surface area contributed by atoms with Crippen LogP contribution in [-0.2, 0) is 15.0 Å². The van der Waals surface area contributed by atoms with Crippen LogP contribution in [0, 0.1) is 0 Å². The SMILES string of the molecule is CCC(=O)C1=C(O)C(=O)N(c2ccccc2)C1c1ccc(C(C)(C)C)cc1. The molecule has 3 rings (SSSR count). The average Bonchev–Trinajstić information content (AvgIpc) is 2.92. The molecule has 1 heterocycles.